The Morgan fingerprint density at radius 3 is 3.12 bits per heavy atom. The molecule has 2 aliphatic rings. The second-order valence-corrected chi connectivity index (χ2v) is 7.49. The Hall–Kier alpha value is -2.67. The summed E-state index contributed by atoms with van der Waals surface area (Å²) in [4.78, 5) is 11.7. The van der Waals surface area contributed by atoms with Crippen LogP contribution in [0.15, 0.2) is 36.7 Å². The minimum atomic E-state index is 0.400. The first-order valence-corrected chi connectivity index (χ1v) is 9.29. The molecule has 134 valence electrons. The highest BCUT2D eigenvalue weighted by Gasteiger charge is 2.38. The maximum absolute atomic E-state index is 4.77. The lowest BCUT2D eigenvalue weighted by Crippen LogP contribution is -2.45. The van der Waals surface area contributed by atoms with Crippen molar-refractivity contribution in [2.75, 3.05) is 36.4 Å². The Bertz CT molecular complexity index is 913. The van der Waals surface area contributed by atoms with Crippen LogP contribution in [0.25, 0.3) is 10.9 Å². The van der Waals surface area contributed by atoms with Crippen molar-refractivity contribution >= 4 is 28.4 Å². The van der Waals surface area contributed by atoms with E-state index in [0.29, 0.717) is 5.41 Å². The molecule has 7 nitrogen and oxygen atoms in total. The Morgan fingerprint density at radius 1 is 1.19 bits per heavy atom. The van der Waals surface area contributed by atoms with E-state index in [1.807, 2.05) is 30.6 Å². The molecule has 3 aromatic rings. The number of fused-ring (bicyclic) bond motifs is 1. The monoisotopic (exact) mass is 349 g/mol. The molecule has 3 N–H and O–H groups in total. The zero-order valence-electron chi connectivity index (χ0n) is 14.7. The van der Waals surface area contributed by atoms with Crippen LogP contribution in [0.1, 0.15) is 19.3 Å². The van der Waals surface area contributed by atoms with Gasteiger partial charge in [0, 0.05) is 42.3 Å². The molecule has 1 atom stereocenters. The Labute approximate surface area is 152 Å². The molecule has 0 bridgehead atoms. The summed E-state index contributed by atoms with van der Waals surface area (Å²) >= 11 is 0. The normalized spacial score (nSPS) is 23.0. The van der Waals surface area contributed by atoms with Gasteiger partial charge in [-0.05, 0) is 50.1 Å². The largest absolute Gasteiger partial charge is 0.340 e. The van der Waals surface area contributed by atoms with Crippen molar-refractivity contribution in [3.05, 3.63) is 36.7 Å². The van der Waals surface area contributed by atoms with Crippen LogP contribution in [-0.2, 0) is 0 Å². The third-order valence-corrected chi connectivity index (χ3v) is 5.63. The summed E-state index contributed by atoms with van der Waals surface area (Å²) in [5.41, 5.74) is 2.43. The van der Waals surface area contributed by atoms with E-state index in [0.717, 1.165) is 54.5 Å². The SMILES string of the molecule is c1cc(Nc2ccc3[nH]ncc3c2)nc(N2CCCC3(CCNC3)C2)n1. The Morgan fingerprint density at radius 2 is 2.19 bits per heavy atom. The molecule has 0 saturated carbocycles. The number of piperidine rings is 1. The smallest absolute Gasteiger partial charge is 0.227 e. The van der Waals surface area contributed by atoms with Crippen molar-refractivity contribution in [2.24, 2.45) is 5.41 Å². The molecule has 7 heteroatoms. The van der Waals surface area contributed by atoms with E-state index in [9.17, 15) is 0 Å². The number of aromatic amines is 1. The van der Waals surface area contributed by atoms with Crippen molar-refractivity contribution < 1.29 is 0 Å². The Balaban J connectivity index is 1.36. The molecule has 1 aromatic carbocycles. The number of nitrogens with zero attached hydrogens (tertiary/aromatic N) is 4. The van der Waals surface area contributed by atoms with E-state index in [1.54, 1.807) is 0 Å². The van der Waals surface area contributed by atoms with Crippen LogP contribution in [0.4, 0.5) is 17.5 Å². The first kappa shape index (κ1) is 15.6. The first-order valence-electron chi connectivity index (χ1n) is 9.29. The van der Waals surface area contributed by atoms with Crippen molar-refractivity contribution in [1.29, 1.82) is 0 Å². The summed E-state index contributed by atoms with van der Waals surface area (Å²) in [6, 6.07) is 8.04. The summed E-state index contributed by atoms with van der Waals surface area (Å²) in [5, 5.41) is 15.0. The third kappa shape index (κ3) is 2.88. The van der Waals surface area contributed by atoms with E-state index in [4.69, 9.17) is 4.98 Å². The number of hydrogen-bond acceptors (Lipinski definition) is 6. The van der Waals surface area contributed by atoms with Gasteiger partial charge in [-0.25, -0.2) is 4.98 Å². The van der Waals surface area contributed by atoms with Crippen LogP contribution >= 0.6 is 0 Å². The van der Waals surface area contributed by atoms with Gasteiger partial charge in [0.05, 0.1) is 11.7 Å². The van der Waals surface area contributed by atoms with Gasteiger partial charge in [0.25, 0.3) is 0 Å². The average molecular weight is 349 g/mol. The highest BCUT2D eigenvalue weighted by molar-refractivity contribution is 5.82. The summed E-state index contributed by atoms with van der Waals surface area (Å²) < 4.78 is 0. The molecular formula is C19H23N7. The van der Waals surface area contributed by atoms with Crippen LogP contribution in [0.2, 0.25) is 0 Å². The highest BCUT2D eigenvalue weighted by atomic mass is 15.3. The van der Waals surface area contributed by atoms with Gasteiger partial charge in [-0.3, -0.25) is 5.10 Å². The average Bonchev–Trinajstić information content (AvgIpc) is 3.31. The van der Waals surface area contributed by atoms with Gasteiger partial charge in [-0.15, -0.1) is 0 Å². The molecule has 2 saturated heterocycles. The van der Waals surface area contributed by atoms with Crippen LogP contribution in [0.5, 0.6) is 0 Å². The number of H-pyrrole nitrogens is 1. The summed E-state index contributed by atoms with van der Waals surface area (Å²) in [6.45, 7) is 4.33. The molecule has 1 unspecified atom stereocenters. The van der Waals surface area contributed by atoms with Crippen LogP contribution in [0, 0.1) is 5.41 Å². The van der Waals surface area contributed by atoms with Gasteiger partial charge in [-0.1, -0.05) is 0 Å². The maximum Gasteiger partial charge on any atom is 0.227 e. The zero-order valence-corrected chi connectivity index (χ0v) is 14.7. The van der Waals surface area contributed by atoms with E-state index < -0.39 is 0 Å². The molecule has 0 aliphatic carbocycles. The van der Waals surface area contributed by atoms with Gasteiger partial charge in [-0.2, -0.15) is 10.1 Å². The molecule has 2 aliphatic heterocycles. The van der Waals surface area contributed by atoms with E-state index in [1.165, 1.54) is 19.3 Å². The molecule has 2 aromatic heterocycles. The lowest BCUT2D eigenvalue weighted by molar-refractivity contribution is 0.259. The molecule has 5 rings (SSSR count). The number of hydrogen-bond donors (Lipinski definition) is 3. The number of benzene rings is 1. The van der Waals surface area contributed by atoms with E-state index >= 15 is 0 Å². The number of nitrogens with one attached hydrogen (secondary N) is 3. The van der Waals surface area contributed by atoms with Gasteiger partial charge in [0.15, 0.2) is 0 Å². The van der Waals surface area contributed by atoms with Gasteiger partial charge in [0.2, 0.25) is 5.95 Å². The fourth-order valence-corrected chi connectivity index (χ4v) is 4.26. The van der Waals surface area contributed by atoms with Crippen LogP contribution in [-0.4, -0.2) is 46.3 Å². The number of aromatic nitrogens is 4. The number of anilines is 3. The van der Waals surface area contributed by atoms with Gasteiger partial charge >= 0.3 is 0 Å². The summed E-state index contributed by atoms with van der Waals surface area (Å²) in [5.74, 6) is 1.65. The minimum absolute atomic E-state index is 0.400. The summed E-state index contributed by atoms with van der Waals surface area (Å²) in [6.07, 6.45) is 7.44. The minimum Gasteiger partial charge on any atom is -0.340 e. The van der Waals surface area contributed by atoms with Crippen LogP contribution in [0.3, 0.4) is 0 Å². The second kappa shape index (κ2) is 6.25. The zero-order chi connectivity index (χ0) is 17.4. The molecule has 0 amide bonds. The topological polar surface area (TPSA) is 81.8 Å². The molecule has 4 heterocycles. The van der Waals surface area contributed by atoms with E-state index in [2.05, 4.69) is 36.8 Å². The predicted molar refractivity (Wildman–Crippen MR) is 103 cm³/mol. The van der Waals surface area contributed by atoms with Crippen LogP contribution < -0.4 is 15.5 Å². The standard InChI is InChI=1S/C19H23N7/c1-5-19(6-8-20-12-19)13-26(9-1)18-21-7-4-17(24-18)23-15-2-3-16-14(10-15)11-22-25-16/h2-4,7,10-11,20H,1,5-6,8-9,12-13H2,(H,22,25)(H,21,23,24). The second-order valence-electron chi connectivity index (χ2n) is 7.49. The van der Waals surface area contributed by atoms with Crippen molar-refractivity contribution in [3.8, 4) is 0 Å². The molecule has 26 heavy (non-hydrogen) atoms. The molecule has 0 radical (unpaired) electrons. The third-order valence-electron chi connectivity index (χ3n) is 5.63. The first-order chi connectivity index (χ1) is 12.8. The molecule has 1 spiro atoms. The predicted octanol–water partition coefficient (Wildman–Crippen LogP) is 2.68. The maximum atomic E-state index is 4.77. The lowest BCUT2D eigenvalue weighted by Gasteiger charge is -2.40. The van der Waals surface area contributed by atoms with Gasteiger partial charge in [0.1, 0.15) is 5.82 Å². The number of rotatable bonds is 3. The highest BCUT2D eigenvalue weighted by Crippen LogP contribution is 2.36. The fraction of sp³-hybridized carbons (Fsp3) is 0.421. The summed E-state index contributed by atoms with van der Waals surface area (Å²) in [7, 11) is 0. The molecule has 2 fully saturated rings. The van der Waals surface area contributed by atoms with Crippen molar-refractivity contribution in [2.45, 2.75) is 19.3 Å². The Kier molecular flexibility index (Phi) is 3.74. The molecular weight excluding hydrogens is 326 g/mol. The fourth-order valence-electron chi connectivity index (χ4n) is 4.26. The van der Waals surface area contributed by atoms with Crippen molar-refractivity contribution in [1.82, 2.24) is 25.5 Å². The van der Waals surface area contributed by atoms with Gasteiger partial charge < -0.3 is 15.5 Å². The van der Waals surface area contributed by atoms with E-state index in [-0.39, 0.29) is 0 Å². The van der Waals surface area contributed by atoms with Crippen molar-refractivity contribution in [3.63, 3.8) is 0 Å². The lowest BCUT2D eigenvalue weighted by atomic mass is 9.79. The quantitative estimate of drug-likeness (QED) is 0.674.